The Kier molecular flexibility index (Phi) is 5.61. The summed E-state index contributed by atoms with van der Waals surface area (Å²) in [4.78, 5) is 0. The monoisotopic (exact) mass is 265 g/mol. The lowest BCUT2D eigenvalue weighted by atomic mass is 9.82. The molecule has 0 aromatic heterocycles. The SMILES string of the molecule is CC1CCC(CN)C(SCCS(C)(=O)=O)C1. The van der Waals surface area contributed by atoms with Crippen LogP contribution in [0, 0.1) is 11.8 Å². The second-order valence-corrected chi connectivity index (χ2v) is 8.56. The highest BCUT2D eigenvalue weighted by atomic mass is 32.2. The molecule has 1 saturated carbocycles. The topological polar surface area (TPSA) is 60.2 Å². The Labute approximate surface area is 103 Å². The first-order chi connectivity index (χ1) is 7.42. The molecule has 1 aliphatic carbocycles. The molecule has 1 aliphatic rings. The van der Waals surface area contributed by atoms with Gasteiger partial charge in [0.25, 0.3) is 0 Å². The molecule has 5 heteroatoms. The Bertz CT molecular complexity index is 303. The summed E-state index contributed by atoms with van der Waals surface area (Å²) in [7, 11) is -2.81. The molecule has 96 valence electrons. The highest BCUT2D eigenvalue weighted by Gasteiger charge is 2.27. The van der Waals surface area contributed by atoms with E-state index in [1.54, 1.807) is 11.8 Å². The van der Waals surface area contributed by atoms with Crippen molar-refractivity contribution in [2.75, 3.05) is 24.3 Å². The van der Waals surface area contributed by atoms with Gasteiger partial charge in [-0.05, 0) is 31.2 Å². The van der Waals surface area contributed by atoms with E-state index in [0.29, 0.717) is 22.7 Å². The third-order valence-corrected chi connectivity index (χ3v) is 5.93. The van der Waals surface area contributed by atoms with Gasteiger partial charge in [0.05, 0.1) is 5.75 Å². The Balaban J connectivity index is 2.37. The molecule has 3 atom stereocenters. The smallest absolute Gasteiger partial charge is 0.148 e. The first-order valence-corrected chi connectivity index (χ1v) is 9.02. The third-order valence-electron chi connectivity index (χ3n) is 3.28. The molecule has 1 fully saturated rings. The minimum absolute atomic E-state index is 0.292. The van der Waals surface area contributed by atoms with Crippen LogP contribution < -0.4 is 5.73 Å². The fraction of sp³-hybridized carbons (Fsp3) is 1.00. The van der Waals surface area contributed by atoms with Gasteiger partial charge in [-0.3, -0.25) is 0 Å². The summed E-state index contributed by atoms with van der Waals surface area (Å²) in [6, 6.07) is 0. The second-order valence-electron chi connectivity index (χ2n) is 4.95. The fourth-order valence-electron chi connectivity index (χ4n) is 2.22. The number of rotatable bonds is 5. The maximum absolute atomic E-state index is 11.1. The van der Waals surface area contributed by atoms with Crippen LogP contribution >= 0.6 is 11.8 Å². The van der Waals surface area contributed by atoms with Crippen molar-refractivity contribution >= 4 is 21.6 Å². The van der Waals surface area contributed by atoms with Crippen LogP contribution in [0.4, 0.5) is 0 Å². The molecule has 0 radical (unpaired) electrons. The summed E-state index contributed by atoms with van der Waals surface area (Å²) in [6.45, 7) is 3.01. The maximum Gasteiger partial charge on any atom is 0.148 e. The van der Waals surface area contributed by atoms with E-state index in [4.69, 9.17) is 5.73 Å². The molecule has 3 nitrogen and oxygen atoms in total. The van der Waals surface area contributed by atoms with Gasteiger partial charge in [-0.2, -0.15) is 11.8 Å². The zero-order valence-corrected chi connectivity index (χ0v) is 11.8. The first kappa shape index (κ1) is 14.3. The number of sulfone groups is 1. The first-order valence-electron chi connectivity index (χ1n) is 5.91. The Morgan fingerprint density at radius 3 is 2.62 bits per heavy atom. The van der Waals surface area contributed by atoms with Crippen molar-refractivity contribution in [3.05, 3.63) is 0 Å². The van der Waals surface area contributed by atoms with Crippen LogP contribution in [0.3, 0.4) is 0 Å². The Hall–Kier alpha value is 0.260. The molecular weight excluding hydrogens is 242 g/mol. The summed E-state index contributed by atoms with van der Waals surface area (Å²) < 4.78 is 22.1. The van der Waals surface area contributed by atoms with Gasteiger partial charge in [-0.15, -0.1) is 0 Å². The lowest BCUT2D eigenvalue weighted by Gasteiger charge is -2.33. The fourth-order valence-corrected chi connectivity index (χ4v) is 5.10. The minimum Gasteiger partial charge on any atom is -0.330 e. The lowest BCUT2D eigenvalue weighted by molar-refractivity contribution is 0.306. The van der Waals surface area contributed by atoms with Gasteiger partial charge in [0.15, 0.2) is 0 Å². The molecule has 3 unspecified atom stereocenters. The highest BCUT2D eigenvalue weighted by molar-refractivity contribution is 8.01. The van der Waals surface area contributed by atoms with Crippen molar-refractivity contribution in [1.29, 1.82) is 0 Å². The van der Waals surface area contributed by atoms with E-state index in [9.17, 15) is 8.42 Å². The standard InChI is InChI=1S/C11H23NO2S2/c1-9-3-4-10(8-12)11(7-9)15-5-6-16(2,13)14/h9-11H,3-8,12H2,1-2H3. The van der Waals surface area contributed by atoms with E-state index in [1.807, 2.05) is 0 Å². The van der Waals surface area contributed by atoms with Gasteiger partial charge in [0.2, 0.25) is 0 Å². The molecule has 0 aliphatic heterocycles. The van der Waals surface area contributed by atoms with Gasteiger partial charge in [-0.1, -0.05) is 13.3 Å². The number of hydrogen-bond donors (Lipinski definition) is 1. The molecule has 2 N–H and O–H groups in total. The maximum atomic E-state index is 11.1. The summed E-state index contributed by atoms with van der Waals surface area (Å²) in [5.41, 5.74) is 5.77. The molecule has 0 saturated heterocycles. The lowest BCUT2D eigenvalue weighted by Crippen LogP contribution is -2.32. The zero-order valence-electron chi connectivity index (χ0n) is 10.2. The minimum atomic E-state index is -2.81. The average molecular weight is 265 g/mol. The average Bonchev–Trinajstić information content (AvgIpc) is 2.16. The summed E-state index contributed by atoms with van der Waals surface area (Å²) in [5, 5.41) is 0.565. The van der Waals surface area contributed by atoms with Crippen LogP contribution in [0.15, 0.2) is 0 Å². The molecule has 0 spiro atoms. The van der Waals surface area contributed by atoms with Crippen molar-refractivity contribution in [3.8, 4) is 0 Å². The highest BCUT2D eigenvalue weighted by Crippen LogP contribution is 2.35. The number of nitrogens with two attached hydrogens (primary N) is 1. The molecule has 0 bridgehead atoms. The molecule has 0 aromatic carbocycles. The summed E-state index contributed by atoms with van der Waals surface area (Å²) >= 11 is 1.80. The molecule has 0 heterocycles. The van der Waals surface area contributed by atoms with Crippen molar-refractivity contribution in [2.45, 2.75) is 31.4 Å². The molecule has 0 amide bonds. The van der Waals surface area contributed by atoms with Crippen LogP contribution in [-0.4, -0.2) is 38.0 Å². The van der Waals surface area contributed by atoms with Crippen molar-refractivity contribution in [3.63, 3.8) is 0 Å². The van der Waals surface area contributed by atoms with Gasteiger partial charge >= 0.3 is 0 Å². The van der Waals surface area contributed by atoms with E-state index in [-0.39, 0.29) is 0 Å². The van der Waals surface area contributed by atoms with Crippen molar-refractivity contribution < 1.29 is 8.42 Å². The number of hydrogen-bond acceptors (Lipinski definition) is 4. The molecular formula is C11H23NO2S2. The van der Waals surface area contributed by atoms with Gasteiger partial charge < -0.3 is 5.73 Å². The summed E-state index contributed by atoms with van der Waals surface area (Å²) in [5.74, 6) is 2.35. The molecule has 16 heavy (non-hydrogen) atoms. The summed E-state index contributed by atoms with van der Waals surface area (Å²) in [6.07, 6.45) is 4.97. The predicted octanol–water partition coefficient (Wildman–Crippen LogP) is 1.53. The quantitative estimate of drug-likeness (QED) is 0.819. The van der Waals surface area contributed by atoms with Gasteiger partial charge in [-0.25, -0.2) is 8.42 Å². The van der Waals surface area contributed by atoms with Crippen LogP contribution in [0.2, 0.25) is 0 Å². The predicted molar refractivity (Wildman–Crippen MR) is 71.5 cm³/mol. The molecule has 0 aromatic rings. The third kappa shape index (κ3) is 5.06. The van der Waals surface area contributed by atoms with E-state index in [0.717, 1.165) is 12.5 Å². The van der Waals surface area contributed by atoms with Crippen molar-refractivity contribution in [1.82, 2.24) is 0 Å². The van der Waals surface area contributed by atoms with Crippen LogP contribution in [0.25, 0.3) is 0 Å². The molecule has 1 rings (SSSR count). The van der Waals surface area contributed by atoms with Crippen LogP contribution in [0.1, 0.15) is 26.2 Å². The Morgan fingerprint density at radius 1 is 1.38 bits per heavy atom. The zero-order chi connectivity index (χ0) is 12.2. The Morgan fingerprint density at radius 2 is 2.06 bits per heavy atom. The number of thioether (sulfide) groups is 1. The van der Waals surface area contributed by atoms with Gasteiger partial charge in [0, 0.05) is 17.3 Å². The van der Waals surface area contributed by atoms with Crippen molar-refractivity contribution in [2.24, 2.45) is 17.6 Å². The van der Waals surface area contributed by atoms with Crippen LogP contribution in [0.5, 0.6) is 0 Å². The van der Waals surface area contributed by atoms with Gasteiger partial charge in [0.1, 0.15) is 9.84 Å². The largest absolute Gasteiger partial charge is 0.330 e. The second kappa shape index (κ2) is 6.26. The van der Waals surface area contributed by atoms with E-state index in [2.05, 4.69) is 6.92 Å². The van der Waals surface area contributed by atoms with E-state index in [1.165, 1.54) is 25.5 Å². The van der Waals surface area contributed by atoms with Crippen LogP contribution in [-0.2, 0) is 9.84 Å². The van der Waals surface area contributed by atoms with E-state index >= 15 is 0 Å². The normalized spacial score (nSPS) is 31.6. The van der Waals surface area contributed by atoms with E-state index < -0.39 is 9.84 Å².